The zero-order valence-electron chi connectivity index (χ0n) is 12.9. The Bertz CT molecular complexity index is 537. The number of rotatable bonds is 8. The van der Waals surface area contributed by atoms with Crippen molar-refractivity contribution in [2.45, 2.75) is 20.3 Å². The van der Waals surface area contributed by atoms with Crippen molar-refractivity contribution in [3.63, 3.8) is 0 Å². The number of hydrogen-bond donors (Lipinski definition) is 1. The van der Waals surface area contributed by atoms with Gasteiger partial charge in [0.2, 0.25) is 5.91 Å². The van der Waals surface area contributed by atoms with Gasteiger partial charge in [0.05, 0.1) is 30.9 Å². The summed E-state index contributed by atoms with van der Waals surface area (Å²) in [5.41, 5.74) is 1.40. The molecule has 0 aliphatic heterocycles. The van der Waals surface area contributed by atoms with Gasteiger partial charge < -0.3 is 14.8 Å². The predicted octanol–water partition coefficient (Wildman–Crippen LogP) is 3.28. The molecule has 0 spiro atoms. The van der Waals surface area contributed by atoms with Crippen LogP contribution < -0.4 is 10.1 Å². The lowest BCUT2D eigenvalue weighted by molar-refractivity contribution is -0.140. The van der Waals surface area contributed by atoms with Crippen molar-refractivity contribution in [1.29, 1.82) is 0 Å². The van der Waals surface area contributed by atoms with Gasteiger partial charge in [-0.25, -0.2) is 0 Å². The van der Waals surface area contributed by atoms with Gasteiger partial charge >= 0.3 is 5.97 Å². The van der Waals surface area contributed by atoms with Gasteiger partial charge in [0.25, 0.3) is 0 Å². The first kappa shape index (κ1) is 18.6. The van der Waals surface area contributed by atoms with E-state index in [0.29, 0.717) is 23.1 Å². The lowest BCUT2D eigenvalue weighted by Gasteiger charge is -2.12. The number of hydrogen-bond acceptors (Lipinski definition) is 5. The molecule has 0 saturated heterocycles. The minimum Gasteiger partial charge on any atom is -0.495 e. The average Bonchev–Trinajstić information content (AvgIpc) is 2.48. The molecule has 0 saturated carbocycles. The van der Waals surface area contributed by atoms with Crippen molar-refractivity contribution in [1.82, 2.24) is 0 Å². The van der Waals surface area contributed by atoms with Crippen LogP contribution in [0.2, 0.25) is 5.02 Å². The Kier molecular flexibility index (Phi) is 8.12. The second-order valence-electron chi connectivity index (χ2n) is 4.56. The number of nitrogens with one attached hydrogen (secondary N) is 1. The molecule has 0 fully saturated rings. The van der Waals surface area contributed by atoms with E-state index in [2.05, 4.69) is 5.32 Å². The summed E-state index contributed by atoms with van der Waals surface area (Å²) in [4.78, 5) is 23.2. The summed E-state index contributed by atoms with van der Waals surface area (Å²) < 4.78 is 10.1. The fourth-order valence-corrected chi connectivity index (χ4v) is 2.36. The topological polar surface area (TPSA) is 64.6 Å². The third-order valence-corrected chi connectivity index (χ3v) is 3.99. The van der Waals surface area contributed by atoms with E-state index in [-0.39, 0.29) is 23.4 Å². The summed E-state index contributed by atoms with van der Waals surface area (Å²) in [5, 5.41) is 3.32. The maximum Gasteiger partial charge on any atom is 0.315 e. The molecule has 0 aliphatic rings. The molecule has 0 heterocycles. The maximum atomic E-state index is 11.9. The first-order valence-electron chi connectivity index (χ1n) is 6.85. The molecule has 22 heavy (non-hydrogen) atoms. The second-order valence-corrected chi connectivity index (χ2v) is 5.96. The molecule has 7 heteroatoms. The summed E-state index contributed by atoms with van der Waals surface area (Å²) >= 11 is 7.22. The van der Waals surface area contributed by atoms with Crippen molar-refractivity contribution in [3.05, 3.63) is 22.7 Å². The highest BCUT2D eigenvalue weighted by Gasteiger charge is 2.11. The van der Waals surface area contributed by atoms with Crippen LogP contribution in [0.25, 0.3) is 0 Å². The van der Waals surface area contributed by atoms with Crippen molar-refractivity contribution in [2.75, 3.05) is 30.5 Å². The zero-order valence-corrected chi connectivity index (χ0v) is 14.5. The van der Waals surface area contributed by atoms with E-state index < -0.39 is 0 Å². The molecule has 1 aromatic carbocycles. The second kappa shape index (κ2) is 9.58. The molecule has 1 rings (SSSR count). The fraction of sp³-hybridized carbons (Fsp3) is 0.467. The monoisotopic (exact) mass is 345 g/mol. The summed E-state index contributed by atoms with van der Waals surface area (Å²) in [6, 6.07) is 3.40. The fourth-order valence-electron chi connectivity index (χ4n) is 1.60. The van der Waals surface area contributed by atoms with E-state index in [4.69, 9.17) is 21.1 Å². The molecule has 1 amide bonds. The van der Waals surface area contributed by atoms with Gasteiger partial charge in [0.15, 0.2) is 0 Å². The van der Waals surface area contributed by atoms with Crippen molar-refractivity contribution >= 4 is 40.9 Å². The molecule has 0 aliphatic carbocycles. The van der Waals surface area contributed by atoms with Crippen LogP contribution in [0.15, 0.2) is 12.1 Å². The first-order valence-corrected chi connectivity index (χ1v) is 8.38. The van der Waals surface area contributed by atoms with E-state index in [1.54, 1.807) is 12.1 Å². The van der Waals surface area contributed by atoms with Crippen molar-refractivity contribution in [3.8, 4) is 5.75 Å². The van der Waals surface area contributed by atoms with Crippen molar-refractivity contribution in [2.24, 2.45) is 0 Å². The molecule has 1 aromatic rings. The van der Waals surface area contributed by atoms with Gasteiger partial charge in [0, 0.05) is 11.1 Å². The molecule has 1 N–H and O–H groups in total. The predicted molar refractivity (Wildman–Crippen MR) is 89.9 cm³/mol. The highest BCUT2D eigenvalue weighted by Crippen LogP contribution is 2.30. The number of benzene rings is 1. The highest BCUT2D eigenvalue weighted by atomic mass is 35.5. The Morgan fingerprint density at radius 3 is 2.68 bits per heavy atom. The third kappa shape index (κ3) is 6.15. The van der Waals surface area contributed by atoms with E-state index in [1.165, 1.54) is 18.9 Å². The molecule has 0 bridgehead atoms. The lowest BCUT2D eigenvalue weighted by Crippen LogP contribution is -2.17. The molecule has 0 atom stereocenters. The normalized spacial score (nSPS) is 10.2. The Morgan fingerprint density at radius 1 is 1.32 bits per heavy atom. The standard InChI is InChI=1S/C15H20ClNO4S/c1-4-5-21-15(19)9-22-8-14(18)17-12-6-10(2)11(16)7-13(12)20-3/h6-7H,4-5,8-9H2,1-3H3,(H,17,18). The maximum absolute atomic E-state index is 11.9. The van der Waals surface area contributed by atoms with Crippen LogP contribution in [-0.2, 0) is 14.3 Å². The largest absolute Gasteiger partial charge is 0.495 e. The number of aryl methyl sites for hydroxylation is 1. The Hall–Kier alpha value is -1.40. The van der Waals surface area contributed by atoms with Gasteiger partial charge in [-0.1, -0.05) is 18.5 Å². The van der Waals surface area contributed by atoms with Gasteiger partial charge in [-0.05, 0) is 25.0 Å². The Morgan fingerprint density at radius 2 is 2.05 bits per heavy atom. The van der Waals surface area contributed by atoms with Crippen LogP contribution in [0.4, 0.5) is 5.69 Å². The lowest BCUT2D eigenvalue weighted by atomic mass is 10.2. The van der Waals surface area contributed by atoms with E-state index in [1.807, 2.05) is 13.8 Å². The summed E-state index contributed by atoms with van der Waals surface area (Å²) in [6.45, 7) is 4.18. The van der Waals surface area contributed by atoms with Gasteiger partial charge in [-0.15, -0.1) is 11.8 Å². The van der Waals surface area contributed by atoms with E-state index >= 15 is 0 Å². The number of methoxy groups -OCH3 is 1. The number of esters is 1. The number of halogens is 1. The molecule has 0 radical (unpaired) electrons. The zero-order chi connectivity index (χ0) is 16.5. The SMILES string of the molecule is CCCOC(=O)CSCC(=O)Nc1cc(C)c(Cl)cc1OC. The minimum absolute atomic E-state index is 0.157. The van der Waals surface area contributed by atoms with Crippen molar-refractivity contribution < 1.29 is 19.1 Å². The highest BCUT2D eigenvalue weighted by molar-refractivity contribution is 8.00. The quantitative estimate of drug-likeness (QED) is 0.732. The molecule has 0 aromatic heterocycles. The van der Waals surface area contributed by atoms with E-state index in [0.717, 1.165) is 12.0 Å². The summed E-state index contributed by atoms with van der Waals surface area (Å²) in [6.07, 6.45) is 0.784. The number of carbonyl (C=O) groups is 2. The van der Waals surface area contributed by atoms with E-state index in [9.17, 15) is 9.59 Å². The number of anilines is 1. The number of thioether (sulfide) groups is 1. The molecular formula is C15H20ClNO4S. The number of ether oxygens (including phenoxy) is 2. The number of amides is 1. The first-order chi connectivity index (χ1) is 10.5. The Balaban J connectivity index is 2.48. The molecule has 0 unspecified atom stereocenters. The van der Waals surface area contributed by atoms with Gasteiger partial charge in [0.1, 0.15) is 5.75 Å². The van der Waals surface area contributed by atoms with Crippen LogP contribution in [0.1, 0.15) is 18.9 Å². The minimum atomic E-state index is -0.306. The van der Waals surface area contributed by atoms with Crippen LogP contribution in [0.3, 0.4) is 0 Å². The summed E-state index contributed by atoms with van der Waals surface area (Å²) in [7, 11) is 1.51. The van der Waals surface area contributed by atoms with Crippen LogP contribution in [0, 0.1) is 6.92 Å². The average molecular weight is 346 g/mol. The third-order valence-electron chi connectivity index (χ3n) is 2.68. The van der Waals surface area contributed by atoms with Crippen LogP contribution in [-0.4, -0.2) is 37.1 Å². The van der Waals surface area contributed by atoms with Crippen LogP contribution in [0.5, 0.6) is 5.75 Å². The van der Waals surface area contributed by atoms with Crippen LogP contribution >= 0.6 is 23.4 Å². The number of carbonyl (C=O) groups excluding carboxylic acids is 2. The summed E-state index contributed by atoms with van der Waals surface area (Å²) in [5.74, 6) is 0.292. The van der Waals surface area contributed by atoms with Gasteiger partial charge in [-0.3, -0.25) is 9.59 Å². The molecule has 122 valence electrons. The Labute approximate surface area is 139 Å². The smallest absolute Gasteiger partial charge is 0.315 e. The molecular weight excluding hydrogens is 326 g/mol. The molecule has 5 nitrogen and oxygen atoms in total. The van der Waals surface area contributed by atoms with Gasteiger partial charge in [-0.2, -0.15) is 0 Å².